The quantitative estimate of drug-likeness (QED) is 0.165. The van der Waals surface area contributed by atoms with Crippen molar-refractivity contribution in [1.29, 1.82) is 0 Å². The van der Waals surface area contributed by atoms with Crippen LogP contribution in [-0.4, -0.2) is 32.1 Å². The van der Waals surface area contributed by atoms with Crippen LogP contribution in [0.4, 0.5) is 5.69 Å². The highest BCUT2D eigenvalue weighted by atomic mass is 16.5. The second-order valence-corrected chi connectivity index (χ2v) is 9.41. The highest BCUT2D eigenvalue weighted by molar-refractivity contribution is 5.91. The molecule has 192 valence electrons. The van der Waals surface area contributed by atoms with Crippen molar-refractivity contribution in [3.8, 4) is 5.75 Å². The first kappa shape index (κ1) is 30.0. The Morgan fingerprint density at radius 1 is 0.800 bits per heavy atom. The molecule has 0 aliphatic heterocycles. The van der Waals surface area contributed by atoms with Crippen LogP contribution in [0.5, 0.6) is 5.75 Å². The third-order valence-corrected chi connectivity index (χ3v) is 5.48. The maximum Gasteiger partial charge on any atom is 0.337 e. The van der Waals surface area contributed by atoms with Crippen molar-refractivity contribution in [2.75, 3.05) is 25.1 Å². The van der Waals surface area contributed by atoms with Crippen LogP contribution in [0.1, 0.15) is 84.5 Å². The van der Waals surface area contributed by atoms with Gasteiger partial charge in [0.1, 0.15) is 0 Å². The summed E-state index contributed by atoms with van der Waals surface area (Å²) in [5.74, 6) is -0.405. The third kappa shape index (κ3) is 12.3. The van der Waals surface area contributed by atoms with Crippen molar-refractivity contribution in [1.82, 2.24) is 0 Å². The Kier molecular flexibility index (Phi) is 13.5. The van der Waals surface area contributed by atoms with Crippen LogP contribution in [-0.2, 0) is 9.53 Å². The molecule has 5 nitrogen and oxygen atoms in total. The van der Waals surface area contributed by atoms with Crippen molar-refractivity contribution in [2.45, 2.75) is 74.1 Å². The average Bonchev–Trinajstić information content (AvgIpc) is 2.78. The number of allylic oxidation sites excluding steroid dienone is 6. The summed E-state index contributed by atoms with van der Waals surface area (Å²) >= 11 is 0. The lowest BCUT2D eigenvalue weighted by Gasteiger charge is -2.25. The smallest absolute Gasteiger partial charge is 0.337 e. The number of methoxy groups -OCH3 is 1. The second kappa shape index (κ2) is 15.8. The molecule has 1 rings (SSSR count). The summed E-state index contributed by atoms with van der Waals surface area (Å²) in [6, 6.07) is 5.02. The summed E-state index contributed by atoms with van der Waals surface area (Å²) in [5, 5.41) is 0. The molecular formula is C30H43NO4. The Hall–Kier alpha value is -3.08. The Morgan fingerprint density at radius 2 is 1.31 bits per heavy atom. The molecule has 1 aromatic rings. The predicted molar refractivity (Wildman–Crippen MR) is 146 cm³/mol. The van der Waals surface area contributed by atoms with Crippen LogP contribution in [0, 0.1) is 0 Å². The van der Waals surface area contributed by atoms with Crippen molar-refractivity contribution in [2.24, 2.45) is 0 Å². The van der Waals surface area contributed by atoms with Crippen LogP contribution >= 0.6 is 0 Å². The molecule has 0 spiro atoms. The van der Waals surface area contributed by atoms with Gasteiger partial charge in [-0.2, -0.15) is 0 Å². The van der Waals surface area contributed by atoms with Gasteiger partial charge in [0.2, 0.25) is 0 Å². The van der Waals surface area contributed by atoms with Gasteiger partial charge in [0.15, 0.2) is 5.75 Å². The number of esters is 2. The second-order valence-electron chi connectivity index (χ2n) is 9.41. The standard InChI is InChI=1S/C30H43NO4/c1-22(2)11-9-13-24(5)17-19-31(20-18-25(6)14-10-12-23(3)4)28-21-27(30(33)34-8)15-16-29(28)35-26(7)32/h11-12,15-18,21H,9-10,13-14,19-20H2,1-8H3/b24-17+,25-18+. The molecule has 0 aliphatic rings. The van der Waals surface area contributed by atoms with Crippen molar-refractivity contribution >= 4 is 17.6 Å². The summed E-state index contributed by atoms with van der Waals surface area (Å²) in [4.78, 5) is 26.1. The van der Waals surface area contributed by atoms with E-state index in [-0.39, 0.29) is 0 Å². The predicted octanol–water partition coefficient (Wildman–Crippen LogP) is 7.59. The number of carbonyl (C=O) groups is 2. The van der Waals surface area contributed by atoms with Gasteiger partial charge in [-0.25, -0.2) is 4.79 Å². The zero-order valence-corrected chi connectivity index (χ0v) is 22.9. The Balaban J connectivity index is 3.30. The van der Waals surface area contributed by atoms with Crippen molar-refractivity contribution in [3.63, 3.8) is 0 Å². The van der Waals surface area contributed by atoms with Gasteiger partial charge in [-0.1, -0.05) is 46.6 Å². The van der Waals surface area contributed by atoms with Gasteiger partial charge in [-0.3, -0.25) is 4.79 Å². The number of hydrogen-bond acceptors (Lipinski definition) is 5. The van der Waals surface area contributed by atoms with E-state index in [1.807, 2.05) is 0 Å². The molecule has 5 heteroatoms. The monoisotopic (exact) mass is 481 g/mol. The Morgan fingerprint density at radius 3 is 1.74 bits per heavy atom. The molecule has 0 atom stereocenters. The number of rotatable bonds is 13. The lowest BCUT2D eigenvalue weighted by atomic mass is 10.1. The molecule has 0 bridgehead atoms. The van der Waals surface area contributed by atoms with E-state index in [0.717, 1.165) is 25.7 Å². The summed E-state index contributed by atoms with van der Waals surface area (Å²) in [6.45, 7) is 15.3. The van der Waals surface area contributed by atoms with Gasteiger partial charge < -0.3 is 14.4 Å². The first-order valence-corrected chi connectivity index (χ1v) is 12.3. The van der Waals surface area contributed by atoms with Crippen LogP contribution in [0.2, 0.25) is 0 Å². The van der Waals surface area contributed by atoms with Gasteiger partial charge in [0.05, 0.1) is 18.4 Å². The van der Waals surface area contributed by atoms with E-state index in [1.165, 1.54) is 36.3 Å². The Bertz CT molecular complexity index is 934. The van der Waals surface area contributed by atoms with Gasteiger partial charge in [-0.15, -0.1) is 0 Å². The molecule has 0 heterocycles. The molecular weight excluding hydrogens is 438 g/mol. The highest BCUT2D eigenvalue weighted by Gasteiger charge is 2.17. The highest BCUT2D eigenvalue weighted by Crippen LogP contribution is 2.31. The summed E-state index contributed by atoms with van der Waals surface area (Å²) in [7, 11) is 1.36. The molecule has 0 saturated heterocycles. The molecule has 35 heavy (non-hydrogen) atoms. The molecule has 0 aliphatic carbocycles. The van der Waals surface area contributed by atoms with E-state index in [1.54, 1.807) is 18.2 Å². The zero-order valence-electron chi connectivity index (χ0n) is 22.9. The van der Waals surface area contributed by atoms with E-state index >= 15 is 0 Å². The van der Waals surface area contributed by atoms with Crippen LogP contribution in [0.15, 0.2) is 64.8 Å². The van der Waals surface area contributed by atoms with Crippen molar-refractivity contribution < 1.29 is 19.1 Å². The van der Waals surface area contributed by atoms with Gasteiger partial charge in [0, 0.05) is 20.0 Å². The third-order valence-electron chi connectivity index (χ3n) is 5.48. The molecule has 1 aromatic carbocycles. The van der Waals surface area contributed by atoms with Crippen LogP contribution in [0.3, 0.4) is 0 Å². The molecule has 0 amide bonds. The van der Waals surface area contributed by atoms with E-state index in [4.69, 9.17) is 9.47 Å². The number of anilines is 1. The first-order valence-electron chi connectivity index (χ1n) is 12.3. The van der Waals surface area contributed by atoms with Crippen LogP contribution < -0.4 is 9.64 Å². The number of carbonyl (C=O) groups excluding carboxylic acids is 2. The SMILES string of the molecule is COC(=O)c1ccc(OC(C)=O)c(N(C/C=C(\C)CCC=C(C)C)C/C=C(\C)CCC=C(C)C)c1. The molecule has 0 unspecified atom stereocenters. The maximum absolute atomic E-state index is 12.2. The molecule has 0 aromatic heterocycles. The van der Waals surface area contributed by atoms with E-state index < -0.39 is 11.9 Å². The summed E-state index contributed by atoms with van der Waals surface area (Å²) < 4.78 is 10.4. The maximum atomic E-state index is 12.2. The first-order chi connectivity index (χ1) is 16.5. The number of nitrogens with zero attached hydrogens (tertiary/aromatic N) is 1. The zero-order chi connectivity index (χ0) is 26.4. The summed E-state index contributed by atoms with van der Waals surface area (Å²) in [6.07, 6.45) is 12.9. The minimum atomic E-state index is -0.428. The fourth-order valence-electron chi connectivity index (χ4n) is 3.43. The van der Waals surface area contributed by atoms with Crippen LogP contribution in [0.25, 0.3) is 0 Å². The van der Waals surface area contributed by atoms with Gasteiger partial charge in [-0.05, 0) is 85.4 Å². The fraction of sp³-hybridized carbons (Fsp3) is 0.467. The normalized spacial score (nSPS) is 11.5. The van der Waals surface area contributed by atoms with Gasteiger partial charge >= 0.3 is 11.9 Å². The summed E-state index contributed by atoms with van der Waals surface area (Å²) in [5.41, 5.74) is 6.31. The minimum Gasteiger partial charge on any atom is -0.465 e. The van der Waals surface area contributed by atoms with E-state index in [9.17, 15) is 9.59 Å². The van der Waals surface area contributed by atoms with Crippen molar-refractivity contribution in [3.05, 3.63) is 70.4 Å². The van der Waals surface area contributed by atoms with Gasteiger partial charge in [0.25, 0.3) is 0 Å². The van der Waals surface area contributed by atoms with E-state index in [0.29, 0.717) is 30.1 Å². The largest absolute Gasteiger partial charge is 0.465 e. The number of benzene rings is 1. The lowest BCUT2D eigenvalue weighted by Crippen LogP contribution is -2.25. The fourth-order valence-corrected chi connectivity index (χ4v) is 3.43. The average molecular weight is 482 g/mol. The Labute approximate surface area is 212 Å². The molecule has 0 radical (unpaired) electrons. The van der Waals surface area contributed by atoms with E-state index in [2.05, 4.69) is 70.7 Å². The number of hydrogen-bond donors (Lipinski definition) is 0. The molecule has 0 saturated carbocycles. The topological polar surface area (TPSA) is 55.8 Å². The number of ether oxygens (including phenoxy) is 2. The molecule has 0 fully saturated rings. The molecule has 0 N–H and O–H groups in total. The lowest BCUT2D eigenvalue weighted by molar-refractivity contribution is -0.131. The minimum absolute atomic E-state index is 0.404.